The quantitative estimate of drug-likeness (QED) is 0.724. The molecule has 0 spiro atoms. The zero-order valence-corrected chi connectivity index (χ0v) is 19.1. The van der Waals surface area contributed by atoms with Crippen molar-refractivity contribution in [2.24, 2.45) is 11.8 Å². The van der Waals surface area contributed by atoms with Gasteiger partial charge in [-0.3, -0.25) is 4.79 Å². The maximum Gasteiger partial charge on any atom is 0.408 e. The van der Waals surface area contributed by atoms with Gasteiger partial charge in [-0.1, -0.05) is 0 Å². The van der Waals surface area contributed by atoms with E-state index in [1.165, 1.54) is 25.9 Å². The number of nitrogens with one attached hydrogen (secondary N) is 1. The first-order chi connectivity index (χ1) is 13.2. The van der Waals surface area contributed by atoms with E-state index in [0.29, 0.717) is 6.42 Å². The lowest BCUT2D eigenvalue weighted by Crippen LogP contribution is -2.52. The molecule has 2 saturated heterocycles. The largest absolute Gasteiger partial charge is 0.444 e. The third-order valence-electron chi connectivity index (χ3n) is 5.88. The summed E-state index contributed by atoms with van der Waals surface area (Å²) in [6.45, 7) is 9.50. The molecule has 0 unspecified atom stereocenters. The van der Waals surface area contributed by atoms with Crippen LogP contribution in [0.3, 0.4) is 0 Å². The molecular weight excluding hydrogens is 374 g/mol. The maximum atomic E-state index is 13.1. The summed E-state index contributed by atoms with van der Waals surface area (Å²) in [6.07, 6.45) is 6.88. The van der Waals surface area contributed by atoms with E-state index in [2.05, 4.69) is 17.3 Å². The summed E-state index contributed by atoms with van der Waals surface area (Å²) in [5.41, 5.74) is -0.566. The minimum Gasteiger partial charge on any atom is -0.444 e. The van der Waals surface area contributed by atoms with Gasteiger partial charge in [0.1, 0.15) is 11.6 Å². The van der Waals surface area contributed by atoms with Crippen LogP contribution in [0.2, 0.25) is 0 Å². The average molecular weight is 414 g/mol. The van der Waals surface area contributed by atoms with Gasteiger partial charge in [0, 0.05) is 13.1 Å². The number of thioether (sulfide) groups is 1. The summed E-state index contributed by atoms with van der Waals surface area (Å²) >= 11 is 1.69. The van der Waals surface area contributed by atoms with Gasteiger partial charge in [0.25, 0.3) is 0 Å². The molecule has 2 fully saturated rings. The van der Waals surface area contributed by atoms with Crippen molar-refractivity contribution in [3.05, 3.63) is 0 Å². The van der Waals surface area contributed by atoms with Crippen LogP contribution < -0.4 is 5.32 Å². The zero-order valence-electron chi connectivity index (χ0n) is 18.3. The summed E-state index contributed by atoms with van der Waals surface area (Å²) < 4.78 is 5.36. The maximum absolute atomic E-state index is 13.1. The average Bonchev–Trinajstić information content (AvgIpc) is 2.64. The van der Waals surface area contributed by atoms with Crippen molar-refractivity contribution in [1.82, 2.24) is 15.1 Å². The normalized spacial score (nSPS) is 21.4. The van der Waals surface area contributed by atoms with Crippen molar-refractivity contribution in [2.45, 2.75) is 64.5 Å². The molecular formula is C21H39N3O3S. The van der Waals surface area contributed by atoms with Crippen LogP contribution in [0.15, 0.2) is 0 Å². The van der Waals surface area contributed by atoms with E-state index in [9.17, 15) is 9.59 Å². The Labute approximate surface area is 175 Å². The summed E-state index contributed by atoms with van der Waals surface area (Å²) in [7, 11) is 2.20. The van der Waals surface area contributed by atoms with Crippen LogP contribution in [0.4, 0.5) is 4.79 Å². The first kappa shape index (κ1) is 23.3. The number of hydrogen-bond acceptors (Lipinski definition) is 5. The van der Waals surface area contributed by atoms with Gasteiger partial charge in [0.05, 0.1) is 0 Å². The number of carbonyl (C=O) groups excluding carboxylic acids is 2. The molecule has 1 atom stereocenters. The number of carbonyl (C=O) groups is 2. The SMILES string of the molecule is CSCC[C@@H](NC(=O)OC(C)(C)C)C(=O)N1CCC(C2CCN(C)CC2)CC1. The zero-order chi connectivity index (χ0) is 20.7. The number of nitrogens with zero attached hydrogens (tertiary/aromatic N) is 2. The lowest BCUT2D eigenvalue weighted by molar-refractivity contribution is -0.135. The van der Waals surface area contributed by atoms with Gasteiger partial charge in [-0.05, 0) is 96.9 Å². The van der Waals surface area contributed by atoms with Crippen LogP contribution in [0.1, 0.15) is 52.9 Å². The Hall–Kier alpha value is -0.950. The molecule has 6 nitrogen and oxygen atoms in total. The lowest BCUT2D eigenvalue weighted by Gasteiger charge is -2.40. The van der Waals surface area contributed by atoms with Crippen molar-refractivity contribution < 1.29 is 14.3 Å². The monoisotopic (exact) mass is 413 g/mol. The molecule has 2 aliphatic heterocycles. The van der Waals surface area contributed by atoms with E-state index < -0.39 is 17.7 Å². The van der Waals surface area contributed by atoms with E-state index in [0.717, 1.165) is 43.5 Å². The Morgan fingerprint density at radius 3 is 2.11 bits per heavy atom. The Kier molecular flexibility index (Phi) is 8.93. The van der Waals surface area contributed by atoms with Gasteiger partial charge in [0.2, 0.25) is 5.91 Å². The highest BCUT2D eigenvalue weighted by atomic mass is 32.2. The Bertz CT molecular complexity index is 508. The molecule has 162 valence electrons. The highest BCUT2D eigenvalue weighted by Crippen LogP contribution is 2.32. The molecule has 2 heterocycles. The van der Waals surface area contributed by atoms with Gasteiger partial charge in [-0.25, -0.2) is 4.79 Å². The summed E-state index contributed by atoms with van der Waals surface area (Å²) in [4.78, 5) is 29.6. The summed E-state index contributed by atoms with van der Waals surface area (Å²) in [6, 6.07) is -0.498. The second-order valence-electron chi connectivity index (χ2n) is 9.28. The first-order valence-corrected chi connectivity index (χ1v) is 12.0. The molecule has 28 heavy (non-hydrogen) atoms. The molecule has 0 bridgehead atoms. The Morgan fingerprint density at radius 2 is 1.61 bits per heavy atom. The molecule has 0 aromatic rings. The number of ether oxygens (including phenoxy) is 1. The predicted octanol–water partition coefficient (Wildman–Crippen LogP) is 3.21. The van der Waals surface area contributed by atoms with E-state index in [-0.39, 0.29) is 5.91 Å². The van der Waals surface area contributed by atoms with Crippen molar-refractivity contribution in [3.8, 4) is 0 Å². The minimum absolute atomic E-state index is 0.0433. The topological polar surface area (TPSA) is 61.9 Å². The van der Waals surface area contributed by atoms with Gasteiger partial charge < -0.3 is 19.9 Å². The molecule has 2 rings (SSSR count). The number of rotatable bonds is 6. The van der Waals surface area contributed by atoms with Crippen molar-refractivity contribution >= 4 is 23.8 Å². The van der Waals surface area contributed by atoms with Crippen molar-refractivity contribution in [3.63, 3.8) is 0 Å². The van der Waals surface area contributed by atoms with Crippen molar-refractivity contribution in [2.75, 3.05) is 45.2 Å². The number of alkyl carbamates (subject to hydrolysis) is 1. The van der Waals surface area contributed by atoms with E-state index in [4.69, 9.17) is 4.74 Å². The predicted molar refractivity (Wildman–Crippen MR) is 116 cm³/mol. The van der Waals surface area contributed by atoms with Gasteiger partial charge in [-0.15, -0.1) is 0 Å². The first-order valence-electron chi connectivity index (χ1n) is 10.7. The van der Waals surface area contributed by atoms with Crippen LogP contribution in [-0.4, -0.2) is 78.7 Å². The smallest absolute Gasteiger partial charge is 0.408 e. The second kappa shape index (κ2) is 10.7. The van der Waals surface area contributed by atoms with E-state index in [1.807, 2.05) is 31.9 Å². The van der Waals surface area contributed by atoms with Gasteiger partial charge >= 0.3 is 6.09 Å². The van der Waals surface area contributed by atoms with Crippen LogP contribution >= 0.6 is 11.8 Å². The Balaban J connectivity index is 1.87. The molecule has 2 aliphatic rings. The van der Waals surface area contributed by atoms with E-state index >= 15 is 0 Å². The van der Waals surface area contributed by atoms with Crippen LogP contribution in [0.25, 0.3) is 0 Å². The highest BCUT2D eigenvalue weighted by Gasteiger charge is 2.33. The fourth-order valence-electron chi connectivity index (χ4n) is 4.25. The third kappa shape index (κ3) is 7.47. The standard InChI is InChI=1S/C21H39N3O3S/c1-21(2,3)27-20(26)22-18(10-15-28-5)19(25)24-13-8-17(9-14-24)16-6-11-23(4)12-7-16/h16-18H,6-15H2,1-5H3,(H,22,26)/t18-/m1/s1. The second-order valence-corrected chi connectivity index (χ2v) is 10.3. The summed E-state index contributed by atoms with van der Waals surface area (Å²) in [5.74, 6) is 2.42. The molecule has 0 saturated carbocycles. The lowest BCUT2D eigenvalue weighted by atomic mass is 9.79. The fourth-order valence-corrected chi connectivity index (χ4v) is 4.73. The number of piperidine rings is 2. The third-order valence-corrected chi connectivity index (χ3v) is 6.52. The minimum atomic E-state index is -0.566. The number of amides is 2. The fraction of sp³-hybridized carbons (Fsp3) is 0.905. The molecule has 0 radical (unpaired) electrons. The van der Waals surface area contributed by atoms with Crippen molar-refractivity contribution in [1.29, 1.82) is 0 Å². The van der Waals surface area contributed by atoms with Gasteiger partial charge in [-0.2, -0.15) is 11.8 Å². The van der Waals surface area contributed by atoms with Gasteiger partial charge in [0.15, 0.2) is 0 Å². The van der Waals surface area contributed by atoms with Crippen LogP contribution in [0, 0.1) is 11.8 Å². The van der Waals surface area contributed by atoms with Crippen LogP contribution in [0.5, 0.6) is 0 Å². The molecule has 0 aliphatic carbocycles. The molecule has 0 aromatic carbocycles. The summed E-state index contributed by atoms with van der Waals surface area (Å²) in [5, 5.41) is 2.81. The molecule has 2 amide bonds. The highest BCUT2D eigenvalue weighted by molar-refractivity contribution is 7.98. The molecule has 7 heteroatoms. The number of hydrogen-bond donors (Lipinski definition) is 1. The Morgan fingerprint density at radius 1 is 1.07 bits per heavy atom. The van der Waals surface area contributed by atoms with E-state index in [1.54, 1.807) is 11.8 Å². The molecule has 0 aromatic heterocycles. The number of likely N-dealkylation sites (tertiary alicyclic amines) is 2. The van der Waals surface area contributed by atoms with Crippen LogP contribution in [-0.2, 0) is 9.53 Å². The molecule has 1 N–H and O–H groups in total.